The number of alkyl halides is 3. The van der Waals surface area contributed by atoms with Crippen LogP contribution in [0.2, 0.25) is 0 Å². The molecule has 0 saturated carbocycles. The molecule has 1 amide bonds. The molecular weight excluding hydrogens is 269 g/mol. The van der Waals surface area contributed by atoms with Gasteiger partial charge in [0.15, 0.2) is 0 Å². The zero-order chi connectivity index (χ0) is 14.8. The SMILES string of the molecule is C=Cc1cc(NC(=O)O)c([N+](=O)[O-])cc1C(F)(F)F. The van der Waals surface area contributed by atoms with Crippen molar-refractivity contribution < 1.29 is 28.0 Å². The van der Waals surface area contributed by atoms with Gasteiger partial charge in [-0.05, 0) is 11.6 Å². The van der Waals surface area contributed by atoms with E-state index in [9.17, 15) is 28.1 Å². The molecule has 0 radical (unpaired) electrons. The predicted octanol–water partition coefficient (Wildman–Crippen LogP) is 3.35. The molecule has 0 aliphatic carbocycles. The van der Waals surface area contributed by atoms with Crippen LogP contribution in [-0.2, 0) is 6.18 Å². The number of carboxylic acid groups (broad SMARTS) is 1. The lowest BCUT2D eigenvalue weighted by molar-refractivity contribution is -0.384. The molecule has 0 spiro atoms. The molecule has 0 unspecified atom stereocenters. The van der Waals surface area contributed by atoms with E-state index in [1.165, 1.54) is 0 Å². The Labute approximate surface area is 104 Å². The maximum absolute atomic E-state index is 12.7. The van der Waals surface area contributed by atoms with Gasteiger partial charge in [0.1, 0.15) is 5.69 Å². The lowest BCUT2D eigenvalue weighted by Gasteiger charge is -2.12. The molecule has 2 N–H and O–H groups in total. The highest BCUT2D eigenvalue weighted by molar-refractivity contribution is 5.87. The van der Waals surface area contributed by atoms with E-state index in [4.69, 9.17) is 5.11 Å². The molecule has 0 heterocycles. The fourth-order valence-electron chi connectivity index (χ4n) is 1.39. The second-order valence-corrected chi connectivity index (χ2v) is 3.35. The standard InChI is InChI=1S/C10H7F3N2O4/c1-2-5-3-7(14-9(16)17)8(15(18)19)4-6(5)10(11,12)13/h2-4,14H,1H2,(H,16,17). The van der Waals surface area contributed by atoms with Gasteiger partial charge < -0.3 is 5.11 Å². The molecule has 0 fully saturated rings. The third kappa shape index (κ3) is 3.21. The van der Waals surface area contributed by atoms with E-state index in [-0.39, 0.29) is 6.07 Å². The highest BCUT2D eigenvalue weighted by Gasteiger charge is 2.35. The molecule has 9 heteroatoms. The summed E-state index contributed by atoms with van der Waals surface area (Å²) in [6.07, 6.45) is -5.60. The van der Waals surface area contributed by atoms with Gasteiger partial charge in [-0.25, -0.2) is 4.79 Å². The second-order valence-electron chi connectivity index (χ2n) is 3.35. The monoisotopic (exact) mass is 276 g/mol. The number of nitro groups is 1. The minimum Gasteiger partial charge on any atom is -0.465 e. The Morgan fingerprint density at radius 3 is 2.42 bits per heavy atom. The first-order chi connectivity index (χ1) is 8.66. The van der Waals surface area contributed by atoms with Gasteiger partial charge in [-0.1, -0.05) is 12.7 Å². The molecule has 0 bridgehead atoms. The topological polar surface area (TPSA) is 92.5 Å². The Bertz CT molecular complexity index is 554. The fraction of sp³-hybridized carbons (Fsp3) is 0.100. The summed E-state index contributed by atoms with van der Waals surface area (Å²) in [4.78, 5) is 20.0. The van der Waals surface area contributed by atoms with E-state index in [0.717, 1.165) is 6.08 Å². The van der Waals surface area contributed by atoms with Crippen LogP contribution < -0.4 is 5.32 Å². The minimum absolute atomic E-state index is 0.266. The lowest BCUT2D eigenvalue weighted by atomic mass is 10.0. The molecule has 19 heavy (non-hydrogen) atoms. The summed E-state index contributed by atoms with van der Waals surface area (Å²) < 4.78 is 38.0. The summed E-state index contributed by atoms with van der Waals surface area (Å²) in [6.45, 7) is 3.15. The van der Waals surface area contributed by atoms with Crippen molar-refractivity contribution in [3.8, 4) is 0 Å². The van der Waals surface area contributed by atoms with Crippen LogP contribution in [-0.4, -0.2) is 16.1 Å². The summed E-state index contributed by atoms with van der Waals surface area (Å²) in [7, 11) is 0. The first kappa shape index (κ1) is 14.5. The number of amides is 1. The van der Waals surface area contributed by atoms with E-state index in [1.807, 2.05) is 0 Å². The third-order valence-corrected chi connectivity index (χ3v) is 2.13. The highest BCUT2D eigenvalue weighted by Crippen LogP contribution is 2.38. The van der Waals surface area contributed by atoms with Crippen molar-refractivity contribution >= 4 is 23.5 Å². The molecule has 0 aliphatic heterocycles. The number of nitrogens with zero attached hydrogens (tertiary/aromatic N) is 1. The van der Waals surface area contributed by atoms with Gasteiger partial charge in [0.25, 0.3) is 5.69 Å². The fourth-order valence-corrected chi connectivity index (χ4v) is 1.39. The van der Waals surface area contributed by atoms with Crippen LogP contribution in [0.4, 0.5) is 29.3 Å². The molecule has 0 saturated heterocycles. The number of carbonyl (C=O) groups is 1. The van der Waals surface area contributed by atoms with Crippen molar-refractivity contribution in [3.63, 3.8) is 0 Å². The van der Waals surface area contributed by atoms with Gasteiger partial charge in [-0.3, -0.25) is 15.4 Å². The average Bonchev–Trinajstić information content (AvgIpc) is 2.25. The van der Waals surface area contributed by atoms with Crippen LogP contribution in [0, 0.1) is 10.1 Å². The van der Waals surface area contributed by atoms with Crippen LogP contribution in [0.1, 0.15) is 11.1 Å². The van der Waals surface area contributed by atoms with Gasteiger partial charge in [0.05, 0.1) is 10.5 Å². The Hall–Kier alpha value is -2.58. The molecule has 1 aromatic rings. The highest BCUT2D eigenvalue weighted by atomic mass is 19.4. The van der Waals surface area contributed by atoms with E-state index < -0.39 is 39.7 Å². The van der Waals surface area contributed by atoms with Crippen molar-refractivity contribution in [2.24, 2.45) is 0 Å². The molecule has 1 rings (SSSR count). The van der Waals surface area contributed by atoms with Crippen LogP contribution in [0.3, 0.4) is 0 Å². The van der Waals surface area contributed by atoms with Gasteiger partial charge >= 0.3 is 12.3 Å². The normalized spacial score (nSPS) is 10.9. The van der Waals surface area contributed by atoms with Crippen LogP contribution in [0.15, 0.2) is 18.7 Å². The number of anilines is 1. The van der Waals surface area contributed by atoms with Gasteiger partial charge in [0.2, 0.25) is 0 Å². The first-order valence-electron chi connectivity index (χ1n) is 4.69. The summed E-state index contributed by atoms with van der Waals surface area (Å²) in [5, 5.41) is 20.8. The number of hydrogen-bond donors (Lipinski definition) is 2. The third-order valence-electron chi connectivity index (χ3n) is 2.13. The Morgan fingerprint density at radius 2 is 2.05 bits per heavy atom. The van der Waals surface area contributed by atoms with Crippen LogP contribution >= 0.6 is 0 Å². The molecule has 0 aromatic heterocycles. The smallest absolute Gasteiger partial charge is 0.417 e. The number of halogens is 3. The zero-order valence-corrected chi connectivity index (χ0v) is 9.19. The Kier molecular flexibility index (Phi) is 3.78. The van der Waals surface area contributed by atoms with E-state index in [2.05, 4.69) is 6.58 Å². The van der Waals surface area contributed by atoms with Crippen molar-refractivity contribution in [2.75, 3.05) is 5.32 Å². The average molecular weight is 276 g/mol. The summed E-state index contributed by atoms with van der Waals surface area (Å²) in [6, 6.07) is 0.977. The van der Waals surface area contributed by atoms with Gasteiger partial charge in [0, 0.05) is 6.07 Å². The quantitative estimate of drug-likeness (QED) is 0.654. The van der Waals surface area contributed by atoms with E-state index in [1.54, 1.807) is 5.32 Å². The molecule has 102 valence electrons. The van der Waals surface area contributed by atoms with Gasteiger partial charge in [-0.2, -0.15) is 13.2 Å². The molecule has 1 aromatic carbocycles. The molecule has 0 atom stereocenters. The molecule has 6 nitrogen and oxygen atoms in total. The van der Waals surface area contributed by atoms with Crippen molar-refractivity contribution in [2.45, 2.75) is 6.18 Å². The number of rotatable bonds is 3. The Balaban J connectivity index is 3.55. The van der Waals surface area contributed by atoms with E-state index >= 15 is 0 Å². The lowest BCUT2D eigenvalue weighted by Crippen LogP contribution is -2.13. The number of nitro benzene ring substituents is 1. The number of benzene rings is 1. The number of nitrogens with one attached hydrogen (secondary N) is 1. The molecule has 0 aliphatic rings. The first-order valence-corrected chi connectivity index (χ1v) is 4.69. The van der Waals surface area contributed by atoms with Crippen molar-refractivity contribution in [1.29, 1.82) is 0 Å². The largest absolute Gasteiger partial charge is 0.465 e. The Morgan fingerprint density at radius 1 is 1.47 bits per heavy atom. The maximum Gasteiger partial charge on any atom is 0.417 e. The predicted molar refractivity (Wildman–Crippen MR) is 59.8 cm³/mol. The minimum atomic E-state index is -4.81. The van der Waals surface area contributed by atoms with Gasteiger partial charge in [-0.15, -0.1) is 0 Å². The summed E-state index contributed by atoms with van der Waals surface area (Å²) in [5.74, 6) is 0. The van der Waals surface area contributed by atoms with E-state index in [0.29, 0.717) is 6.07 Å². The second kappa shape index (κ2) is 4.96. The van der Waals surface area contributed by atoms with Crippen LogP contribution in [0.5, 0.6) is 0 Å². The van der Waals surface area contributed by atoms with Crippen molar-refractivity contribution in [3.05, 3.63) is 40.0 Å². The maximum atomic E-state index is 12.7. The zero-order valence-electron chi connectivity index (χ0n) is 9.19. The molecular formula is C10H7F3N2O4. The number of hydrogen-bond acceptors (Lipinski definition) is 3. The summed E-state index contributed by atoms with van der Waals surface area (Å²) >= 11 is 0. The summed E-state index contributed by atoms with van der Waals surface area (Å²) in [5.41, 5.74) is -3.26. The van der Waals surface area contributed by atoms with Crippen molar-refractivity contribution in [1.82, 2.24) is 0 Å². The van der Waals surface area contributed by atoms with Crippen LogP contribution in [0.25, 0.3) is 6.08 Å².